The predicted octanol–water partition coefficient (Wildman–Crippen LogP) is 1.02. The van der Waals surface area contributed by atoms with E-state index in [2.05, 4.69) is 0 Å². The molecule has 108 valence electrons. The van der Waals surface area contributed by atoms with Gasteiger partial charge in [-0.2, -0.15) is 4.31 Å². The average molecular weight is 297 g/mol. The molecule has 0 aromatic carbocycles. The van der Waals surface area contributed by atoms with Gasteiger partial charge in [0.2, 0.25) is 10.0 Å². The van der Waals surface area contributed by atoms with Gasteiger partial charge in [-0.1, -0.05) is 13.3 Å². The van der Waals surface area contributed by atoms with Crippen molar-refractivity contribution < 1.29 is 16.8 Å². The second-order valence-electron chi connectivity index (χ2n) is 4.97. The molecule has 18 heavy (non-hydrogen) atoms. The summed E-state index contributed by atoms with van der Waals surface area (Å²) in [7, 11) is -6.38. The van der Waals surface area contributed by atoms with Crippen LogP contribution in [0.1, 0.15) is 39.0 Å². The summed E-state index contributed by atoms with van der Waals surface area (Å²) in [6.07, 6.45) is 5.05. The van der Waals surface area contributed by atoms with E-state index in [0.717, 1.165) is 31.9 Å². The van der Waals surface area contributed by atoms with Crippen LogP contribution in [0.5, 0.6) is 0 Å². The van der Waals surface area contributed by atoms with Crippen molar-refractivity contribution in [2.75, 3.05) is 24.3 Å². The molecule has 0 saturated carbocycles. The van der Waals surface area contributed by atoms with E-state index in [9.17, 15) is 16.8 Å². The lowest BCUT2D eigenvalue weighted by molar-refractivity contribution is 0.246. The van der Waals surface area contributed by atoms with Crippen LogP contribution in [0.25, 0.3) is 0 Å². The maximum atomic E-state index is 12.2. The SMILES string of the molecule is CC[C@@H]1CCCCN1S(=O)(=O)CCCS(C)(=O)=O. The monoisotopic (exact) mass is 297 g/mol. The Morgan fingerprint density at radius 2 is 1.78 bits per heavy atom. The average Bonchev–Trinajstić information content (AvgIpc) is 2.27. The number of rotatable bonds is 6. The van der Waals surface area contributed by atoms with Crippen LogP contribution in [0.3, 0.4) is 0 Å². The van der Waals surface area contributed by atoms with Crippen LogP contribution in [0, 0.1) is 0 Å². The molecular weight excluding hydrogens is 274 g/mol. The Bertz CT molecular complexity index is 455. The summed E-state index contributed by atoms with van der Waals surface area (Å²) in [6.45, 7) is 2.58. The minimum Gasteiger partial charge on any atom is -0.229 e. The van der Waals surface area contributed by atoms with Crippen molar-refractivity contribution in [1.29, 1.82) is 0 Å². The molecule has 0 amide bonds. The molecule has 0 radical (unpaired) electrons. The Hall–Kier alpha value is -0.140. The van der Waals surface area contributed by atoms with E-state index in [0.29, 0.717) is 6.54 Å². The zero-order chi connectivity index (χ0) is 13.8. The Kier molecular flexibility index (Phi) is 5.61. The number of hydrogen-bond donors (Lipinski definition) is 0. The van der Waals surface area contributed by atoms with Crippen LogP contribution < -0.4 is 0 Å². The lowest BCUT2D eigenvalue weighted by Crippen LogP contribution is -2.44. The molecule has 0 spiro atoms. The van der Waals surface area contributed by atoms with E-state index in [4.69, 9.17) is 0 Å². The summed E-state index contributed by atoms with van der Waals surface area (Å²) in [5.74, 6) is -0.118. The van der Waals surface area contributed by atoms with Crippen LogP contribution in [0.2, 0.25) is 0 Å². The predicted molar refractivity (Wildman–Crippen MR) is 72.8 cm³/mol. The summed E-state index contributed by atoms with van der Waals surface area (Å²) in [5, 5.41) is 0. The molecule has 1 aliphatic rings. The van der Waals surface area contributed by atoms with Crippen LogP contribution in [-0.2, 0) is 19.9 Å². The summed E-state index contributed by atoms with van der Waals surface area (Å²) in [6, 6.07) is 0.0991. The Morgan fingerprint density at radius 1 is 1.11 bits per heavy atom. The molecule has 5 nitrogen and oxygen atoms in total. The van der Waals surface area contributed by atoms with Crippen LogP contribution in [-0.4, -0.2) is 51.5 Å². The zero-order valence-corrected chi connectivity index (χ0v) is 12.8. The molecule has 0 aliphatic carbocycles. The highest BCUT2D eigenvalue weighted by molar-refractivity contribution is 7.91. The van der Waals surface area contributed by atoms with Gasteiger partial charge >= 0.3 is 0 Å². The van der Waals surface area contributed by atoms with E-state index in [-0.39, 0.29) is 24.0 Å². The van der Waals surface area contributed by atoms with Gasteiger partial charge in [-0.25, -0.2) is 16.8 Å². The first-order valence-corrected chi connectivity index (χ1v) is 10.1. The molecule has 1 fully saturated rings. The molecule has 0 aromatic rings. The molecule has 0 aromatic heterocycles. The molecule has 1 heterocycles. The first-order valence-electron chi connectivity index (χ1n) is 6.43. The van der Waals surface area contributed by atoms with Crippen molar-refractivity contribution in [2.24, 2.45) is 0 Å². The van der Waals surface area contributed by atoms with Crippen molar-refractivity contribution in [3.8, 4) is 0 Å². The van der Waals surface area contributed by atoms with E-state index in [1.165, 1.54) is 0 Å². The van der Waals surface area contributed by atoms with Crippen molar-refractivity contribution >= 4 is 19.9 Å². The third-order valence-corrected chi connectivity index (χ3v) is 6.35. The highest BCUT2D eigenvalue weighted by Gasteiger charge is 2.30. The summed E-state index contributed by atoms with van der Waals surface area (Å²) in [4.78, 5) is 0. The van der Waals surface area contributed by atoms with E-state index in [1.54, 1.807) is 4.31 Å². The largest absolute Gasteiger partial charge is 0.229 e. The van der Waals surface area contributed by atoms with Crippen molar-refractivity contribution in [3.05, 3.63) is 0 Å². The highest BCUT2D eigenvalue weighted by Crippen LogP contribution is 2.23. The Morgan fingerprint density at radius 3 is 2.33 bits per heavy atom. The van der Waals surface area contributed by atoms with Gasteiger partial charge < -0.3 is 0 Å². The number of hydrogen-bond acceptors (Lipinski definition) is 4. The third kappa shape index (κ3) is 4.85. The van der Waals surface area contributed by atoms with Gasteiger partial charge in [-0.3, -0.25) is 0 Å². The van der Waals surface area contributed by atoms with Crippen LogP contribution in [0.4, 0.5) is 0 Å². The van der Waals surface area contributed by atoms with E-state index < -0.39 is 19.9 Å². The standard InChI is InChI=1S/C11H23NO4S2/c1-3-11-7-4-5-8-12(11)18(15,16)10-6-9-17(2,13)14/h11H,3-10H2,1-2H3/t11-/m1/s1. The summed E-state index contributed by atoms with van der Waals surface area (Å²) < 4.78 is 47.9. The second kappa shape index (κ2) is 6.34. The van der Waals surface area contributed by atoms with Crippen LogP contribution in [0.15, 0.2) is 0 Å². The molecule has 1 atom stereocenters. The normalized spacial score (nSPS) is 23.1. The molecule has 0 unspecified atom stereocenters. The zero-order valence-electron chi connectivity index (χ0n) is 11.1. The smallest absolute Gasteiger partial charge is 0.214 e. The van der Waals surface area contributed by atoms with Gasteiger partial charge in [0, 0.05) is 18.8 Å². The van der Waals surface area contributed by atoms with Gasteiger partial charge in [-0.15, -0.1) is 0 Å². The first-order chi connectivity index (χ1) is 8.26. The van der Waals surface area contributed by atoms with Gasteiger partial charge in [0.1, 0.15) is 9.84 Å². The minimum atomic E-state index is -3.30. The van der Waals surface area contributed by atoms with Gasteiger partial charge in [0.25, 0.3) is 0 Å². The highest BCUT2D eigenvalue weighted by atomic mass is 32.2. The molecule has 7 heteroatoms. The maximum absolute atomic E-state index is 12.2. The van der Waals surface area contributed by atoms with Gasteiger partial charge in [0.05, 0.1) is 11.5 Å². The fourth-order valence-electron chi connectivity index (χ4n) is 2.37. The molecule has 0 N–H and O–H groups in total. The Balaban J connectivity index is 2.61. The van der Waals surface area contributed by atoms with Crippen molar-refractivity contribution in [2.45, 2.75) is 45.1 Å². The topological polar surface area (TPSA) is 71.5 Å². The fraction of sp³-hybridized carbons (Fsp3) is 1.00. The fourth-order valence-corrected chi connectivity index (χ4v) is 5.08. The minimum absolute atomic E-state index is 0.0587. The second-order valence-corrected chi connectivity index (χ2v) is 9.27. The maximum Gasteiger partial charge on any atom is 0.214 e. The van der Waals surface area contributed by atoms with Crippen molar-refractivity contribution in [1.82, 2.24) is 4.31 Å². The third-order valence-electron chi connectivity index (χ3n) is 3.32. The van der Waals surface area contributed by atoms with Gasteiger partial charge in [0.15, 0.2) is 0 Å². The summed E-state index contributed by atoms with van der Waals surface area (Å²) in [5.41, 5.74) is 0. The first kappa shape index (κ1) is 15.9. The molecular formula is C11H23NO4S2. The van der Waals surface area contributed by atoms with Crippen LogP contribution >= 0.6 is 0 Å². The number of nitrogens with zero attached hydrogens (tertiary/aromatic N) is 1. The molecule has 1 rings (SSSR count). The van der Waals surface area contributed by atoms with Gasteiger partial charge in [-0.05, 0) is 25.7 Å². The lowest BCUT2D eigenvalue weighted by atomic mass is 10.0. The van der Waals surface area contributed by atoms with E-state index in [1.807, 2.05) is 6.92 Å². The molecule has 1 aliphatic heterocycles. The molecule has 1 saturated heterocycles. The lowest BCUT2D eigenvalue weighted by Gasteiger charge is -2.34. The van der Waals surface area contributed by atoms with Crippen molar-refractivity contribution in [3.63, 3.8) is 0 Å². The summed E-state index contributed by atoms with van der Waals surface area (Å²) >= 11 is 0. The number of piperidine rings is 1. The number of sulfonamides is 1. The number of sulfone groups is 1. The Labute approximate surface area is 111 Å². The van der Waals surface area contributed by atoms with E-state index >= 15 is 0 Å². The molecule has 0 bridgehead atoms. The quantitative estimate of drug-likeness (QED) is 0.733.